The SMILES string of the molecule is NCc1nc2cc(CCl)ccc2o1. The fourth-order valence-corrected chi connectivity index (χ4v) is 1.36. The molecule has 0 radical (unpaired) electrons. The molecule has 0 saturated carbocycles. The van der Waals surface area contributed by atoms with Crippen LogP contribution >= 0.6 is 11.6 Å². The Labute approximate surface area is 80.5 Å². The molecule has 0 aliphatic carbocycles. The van der Waals surface area contributed by atoms with Crippen LogP contribution in [0.5, 0.6) is 0 Å². The summed E-state index contributed by atoms with van der Waals surface area (Å²) in [4.78, 5) is 4.19. The van der Waals surface area contributed by atoms with Gasteiger partial charge in [-0.05, 0) is 17.7 Å². The van der Waals surface area contributed by atoms with Gasteiger partial charge in [-0.3, -0.25) is 0 Å². The summed E-state index contributed by atoms with van der Waals surface area (Å²) < 4.78 is 5.34. The van der Waals surface area contributed by atoms with E-state index in [4.69, 9.17) is 21.8 Å². The van der Waals surface area contributed by atoms with Crippen molar-refractivity contribution in [2.24, 2.45) is 5.73 Å². The number of rotatable bonds is 2. The number of hydrogen-bond donors (Lipinski definition) is 1. The molecule has 0 fully saturated rings. The van der Waals surface area contributed by atoms with Gasteiger partial charge in [-0.2, -0.15) is 0 Å². The summed E-state index contributed by atoms with van der Waals surface area (Å²) in [6.07, 6.45) is 0. The molecule has 68 valence electrons. The zero-order valence-electron chi connectivity index (χ0n) is 6.96. The first-order valence-electron chi connectivity index (χ1n) is 3.98. The van der Waals surface area contributed by atoms with E-state index in [0.717, 1.165) is 16.7 Å². The summed E-state index contributed by atoms with van der Waals surface area (Å²) in [6, 6.07) is 5.69. The lowest BCUT2D eigenvalue weighted by molar-refractivity contribution is 0.533. The number of aromatic nitrogens is 1. The minimum absolute atomic E-state index is 0.324. The Morgan fingerprint density at radius 3 is 3.00 bits per heavy atom. The summed E-state index contributed by atoms with van der Waals surface area (Å²) in [5.41, 5.74) is 8.01. The van der Waals surface area contributed by atoms with E-state index < -0.39 is 0 Å². The van der Waals surface area contributed by atoms with Crippen LogP contribution in [0.2, 0.25) is 0 Å². The molecule has 13 heavy (non-hydrogen) atoms. The molecule has 0 unspecified atom stereocenters. The van der Waals surface area contributed by atoms with E-state index in [-0.39, 0.29) is 0 Å². The average molecular weight is 197 g/mol. The van der Waals surface area contributed by atoms with E-state index in [1.165, 1.54) is 0 Å². The lowest BCUT2D eigenvalue weighted by Crippen LogP contribution is -1.94. The Hall–Kier alpha value is -1.06. The normalized spacial score (nSPS) is 10.9. The molecule has 0 atom stereocenters. The van der Waals surface area contributed by atoms with E-state index in [2.05, 4.69) is 4.98 Å². The number of benzene rings is 1. The van der Waals surface area contributed by atoms with Crippen LogP contribution in [0.25, 0.3) is 11.1 Å². The quantitative estimate of drug-likeness (QED) is 0.748. The highest BCUT2D eigenvalue weighted by Gasteiger charge is 2.03. The zero-order chi connectivity index (χ0) is 9.26. The summed E-state index contributed by atoms with van der Waals surface area (Å²) in [7, 11) is 0. The van der Waals surface area contributed by atoms with Gasteiger partial charge in [0.05, 0.1) is 6.54 Å². The third kappa shape index (κ3) is 1.53. The van der Waals surface area contributed by atoms with Crippen LogP contribution in [-0.4, -0.2) is 4.98 Å². The number of fused-ring (bicyclic) bond motifs is 1. The van der Waals surface area contributed by atoms with Crippen molar-refractivity contribution in [2.75, 3.05) is 0 Å². The predicted octanol–water partition coefficient (Wildman–Crippen LogP) is 2.03. The van der Waals surface area contributed by atoms with Gasteiger partial charge in [-0.1, -0.05) is 6.07 Å². The molecule has 0 amide bonds. The molecule has 0 saturated heterocycles. The Morgan fingerprint density at radius 2 is 2.31 bits per heavy atom. The van der Waals surface area contributed by atoms with Crippen molar-refractivity contribution >= 4 is 22.7 Å². The molecule has 2 aromatic rings. The van der Waals surface area contributed by atoms with Crippen molar-refractivity contribution in [3.05, 3.63) is 29.7 Å². The average Bonchev–Trinajstić information content (AvgIpc) is 2.58. The molecule has 2 N–H and O–H groups in total. The first-order valence-corrected chi connectivity index (χ1v) is 4.51. The van der Waals surface area contributed by atoms with Crippen LogP contribution < -0.4 is 5.73 Å². The lowest BCUT2D eigenvalue weighted by Gasteiger charge is -1.91. The number of hydrogen-bond acceptors (Lipinski definition) is 3. The second kappa shape index (κ2) is 3.36. The van der Waals surface area contributed by atoms with E-state index in [1.54, 1.807) is 0 Å². The summed E-state index contributed by atoms with van der Waals surface area (Å²) in [6.45, 7) is 0.324. The minimum atomic E-state index is 0.324. The first-order chi connectivity index (χ1) is 6.33. The fraction of sp³-hybridized carbons (Fsp3) is 0.222. The molecule has 0 bridgehead atoms. The van der Waals surface area contributed by atoms with Crippen LogP contribution in [0.3, 0.4) is 0 Å². The van der Waals surface area contributed by atoms with Gasteiger partial charge in [0.1, 0.15) is 5.52 Å². The molecule has 1 heterocycles. The first kappa shape index (κ1) is 8.53. The molecule has 0 spiro atoms. The molecule has 3 nitrogen and oxygen atoms in total. The number of halogens is 1. The highest BCUT2D eigenvalue weighted by molar-refractivity contribution is 6.17. The topological polar surface area (TPSA) is 52.0 Å². The highest BCUT2D eigenvalue weighted by atomic mass is 35.5. The maximum Gasteiger partial charge on any atom is 0.209 e. The maximum absolute atomic E-state index is 5.68. The van der Waals surface area contributed by atoms with Gasteiger partial charge in [0.25, 0.3) is 0 Å². The second-order valence-corrected chi connectivity index (χ2v) is 3.01. The van der Waals surface area contributed by atoms with Crippen molar-refractivity contribution in [3.63, 3.8) is 0 Å². The maximum atomic E-state index is 5.68. The van der Waals surface area contributed by atoms with E-state index >= 15 is 0 Å². The van der Waals surface area contributed by atoms with Crippen LogP contribution in [0, 0.1) is 0 Å². The van der Waals surface area contributed by atoms with Gasteiger partial charge >= 0.3 is 0 Å². The fourth-order valence-electron chi connectivity index (χ4n) is 1.19. The summed E-state index contributed by atoms with van der Waals surface area (Å²) in [5.74, 6) is 1.04. The van der Waals surface area contributed by atoms with Crippen molar-refractivity contribution in [1.29, 1.82) is 0 Å². The molecule has 1 aromatic heterocycles. The highest BCUT2D eigenvalue weighted by Crippen LogP contribution is 2.17. The van der Waals surface area contributed by atoms with Crippen LogP contribution in [-0.2, 0) is 12.4 Å². The van der Waals surface area contributed by atoms with Crippen LogP contribution in [0.4, 0.5) is 0 Å². The molecule has 0 aliphatic rings. The Balaban J connectivity index is 2.57. The molecule has 1 aromatic carbocycles. The van der Waals surface area contributed by atoms with Crippen molar-refractivity contribution < 1.29 is 4.42 Å². The Bertz CT molecular complexity index is 422. The predicted molar refractivity (Wildman–Crippen MR) is 51.5 cm³/mol. The minimum Gasteiger partial charge on any atom is -0.439 e. The Morgan fingerprint density at radius 1 is 1.46 bits per heavy atom. The van der Waals surface area contributed by atoms with Crippen LogP contribution in [0.15, 0.2) is 22.6 Å². The summed E-state index contributed by atoms with van der Waals surface area (Å²) >= 11 is 5.68. The smallest absolute Gasteiger partial charge is 0.209 e. The standard InChI is InChI=1S/C9H9ClN2O/c10-4-6-1-2-8-7(3-6)12-9(5-11)13-8/h1-3H,4-5,11H2. The van der Waals surface area contributed by atoms with Crippen molar-refractivity contribution in [3.8, 4) is 0 Å². The van der Waals surface area contributed by atoms with Gasteiger partial charge in [-0.25, -0.2) is 4.98 Å². The number of alkyl halides is 1. The molecular weight excluding hydrogens is 188 g/mol. The van der Waals surface area contributed by atoms with Crippen molar-refractivity contribution in [2.45, 2.75) is 12.4 Å². The van der Waals surface area contributed by atoms with E-state index in [9.17, 15) is 0 Å². The molecule has 0 aliphatic heterocycles. The second-order valence-electron chi connectivity index (χ2n) is 2.75. The third-order valence-corrected chi connectivity index (χ3v) is 2.13. The number of nitrogens with zero attached hydrogens (tertiary/aromatic N) is 1. The van der Waals surface area contributed by atoms with E-state index in [1.807, 2.05) is 18.2 Å². The van der Waals surface area contributed by atoms with Gasteiger partial charge < -0.3 is 10.2 Å². The third-order valence-electron chi connectivity index (χ3n) is 1.83. The monoisotopic (exact) mass is 196 g/mol. The Kier molecular flexibility index (Phi) is 2.20. The van der Waals surface area contributed by atoms with Gasteiger partial charge in [0, 0.05) is 5.88 Å². The van der Waals surface area contributed by atoms with E-state index in [0.29, 0.717) is 18.3 Å². The molecular formula is C9H9ClN2O. The van der Waals surface area contributed by atoms with Gasteiger partial charge in [0.15, 0.2) is 5.58 Å². The zero-order valence-corrected chi connectivity index (χ0v) is 7.71. The summed E-state index contributed by atoms with van der Waals surface area (Å²) in [5, 5.41) is 0. The number of oxazole rings is 1. The van der Waals surface area contributed by atoms with Gasteiger partial charge in [-0.15, -0.1) is 11.6 Å². The van der Waals surface area contributed by atoms with Crippen molar-refractivity contribution in [1.82, 2.24) is 4.98 Å². The van der Waals surface area contributed by atoms with Crippen LogP contribution in [0.1, 0.15) is 11.5 Å². The largest absolute Gasteiger partial charge is 0.439 e. The lowest BCUT2D eigenvalue weighted by atomic mass is 10.2. The molecule has 2 rings (SSSR count). The van der Waals surface area contributed by atoms with Gasteiger partial charge in [0.2, 0.25) is 5.89 Å². The number of nitrogens with two attached hydrogens (primary N) is 1. The molecule has 4 heteroatoms.